The first kappa shape index (κ1) is 10.3. The van der Waals surface area contributed by atoms with Crippen molar-refractivity contribution in [2.24, 2.45) is 0 Å². The van der Waals surface area contributed by atoms with Crippen LogP contribution < -0.4 is 5.11 Å². The van der Waals surface area contributed by atoms with E-state index in [4.69, 9.17) is 20.4 Å². The first-order valence-corrected chi connectivity index (χ1v) is 2.86. The molecule has 0 saturated heterocycles. The molecule has 0 heterocycles. The summed E-state index contributed by atoms with van der Waals surface area (Å²) in [5.41, 5.74) is 0. The third-order valence-corrected chi connectivity index (χ3v) is 1.15. The molecule has 66 valence electrons. The summed E-state index contributed by atoms with van der Waals surface area (Å²) in [6.07, 6.45) is -5.79. The molecule has 6 heteroatoms. The van der Waals surface area contributed by atoms with E-state index >= 15 is 0 Å². The van der Waals surface area contributed by atoms with Crippen molar-refractivity contribution in [3.8, 4) is 0 Å². The van der Waals surface area contributed by atoms with E-state index < -0.39 is 30.9 Å². The van der Waals surface area contributed by atoms with Gasteiger partial charge in [-0.2, -0.15) is 0 Å². The van der Waals surface area contributed by atoms with E-state index in [0.717, 1.165) is 0 Å². The lowest BCUT2D eigenvalue weighted by molar-refractivity contribution is -0.319. The highest BCUT2D eigenvalue weighted by atomic mass is 16.4. The molecule has 0 amide bonds. The second-order valence-corrected chi connectivity index (χ2v) is 2.00. The molecule has 3 atom stereocenters. The van der Waals surface area contributed by atoms with E-state index in [1.807, 2.05) is 0 Å². The second kappa shape index (κ2) is 4.24. The fraction of sp³-hybridized carbons (Fsp3) is 0.800. The van der Waals surface area contributed by atoms with Gasteiger partial charge in [-0.3, -0.25) is 0 Å². The summed E-state index contributed by atoms with van der Waals surface area (Å²) in [6.45, 7) is -0.828. The Hall–Kier alpha value is -0.690. The Kier molecular flexibility index (Phi) is 3.98. The van der Waals surface area contributed by atoms with Crippen LogP contribution in [-0.4, -0.2) is 51.3 Å². The molecular weight excluding hydrogens is 156 g/mol. The van der Waals surface area contributed by atoms with E-state index in [1.54, 1.807) is 0 Å². The molecule has 0 rings (SSSR count). The van der Waals surface area contributed by atoms with Crippen LogP contribution in [0, 0.1) is 0 Å². The van der Waals surface area contributed by atoms with E-state index in [0.29, 0.717) is 0 Å². The van der Waals surface area contributed by atoms with Crippen molar-refractivity contribution < 1.29 is 30.3 Å². The molecule has 0 bridgehead atoms. The number of hydrogen-bond acceptors (Lipinski definition) is 6. The van der Waals surface area contributed by atoms with Crippen molar-refractivity contribution in [1.29, 1.82) is 0 Å². The topological polar surface area (TPSA) is 121 Å². The monoisotopic (exact) mass is 165 g/mol. The van der Waals surface area contributed by atoms with E-state index in [-0.39, 0.29) is 0 Å². The molecule has 0 radical (unpaired) electrons. The molecule has 0 unspecified atom stereocenters. The molecule has 0 aliphatic carbocycles. The van der Waals surface area contributed by atoms with Gasteiger partial charge in [-0.25, -0.2) is 0 Å². The Morgan fingerprint density at radius 2 is 1.82 bits per heavy atom. The molecule has 0 aromatic rings. The number of carboxylic acid groups (broad SMARTS) is 1. The minimum atomic E-state index is -2.18. The van der Waals surface area contributed by atoms with Gasteiger partial charge in [-0.05, 0) is 0 Å². The smallest absolute Gasteiger partial charge is 0.122 e. The van der Waals surface area contributed by atoms with Crippen LogP contribution in [0.2, 0.25) is 0 Å². The lowest BCUT2D eigenvalue weighted by Crippen LogP contribution is -2.49. The summed E-state index contributed by atoms with van der Waals surface area (Å²) in [6, 6.07) is 0. The van der Waals surface area contributed by atoms with Gasteiger partial charge in [0.2, 0.25) is 0 Å². The number of hydrogen-bond donors (Lipinski definition) is 4. The molecular formula is C5H9O6-. The Bertz CT molecular complexity index is 135. The molecule has 6 nitrogen and oxygen atoms in total. The Morgan fingerprint density at radius 3 is 2.09 bits per heavy atom. The van der Waals surface area contributed by atoms with Crippen molar-refractivity contribution >= 4 is 5.97 Å². The molecule has 4 N–H and O–H groups in total. The zero-order chi connectivity index (χ0) is 9.02. The van der Waals surface area contributed by atoms with Gasteiger partial charge in [0.05, 0.1) is 12.6 Å². The van der Waals surface area contributed by atoms with Crippen molar-refractivity contribution in [2.45, 2.75) is 18.3 Å². The van der Waals surface area contributed by atoms with Crippen LogP contribution in [0.4, 0.5) is 0 Å². The lowest BCUT2D eigenvalue weighted by atomic mass is 10.1. The highest BCUT2D eigenvalue weighted by Crippen LogP contribution is 1.98. The summed E-state index contributed by atoms with van der Waals surface area (Å²) in [4.78, 5) is 9.85. The Balaban J connectivity index is 4.00. The van der Waals surface area contributed by atoms with Gasteiger partial charge >= 0.3 is 0 Å². The molecule has 0 fully saturated rings. The zero-order valence-corrected chi connectivity index (χ0v) is 5.54. The summed E-state index contributed by atoms with van der Waals surface area (Å²) in [5.74, 6) is -1.90. The van der Waals surface area contributed by atoms with Gasteiger partial charge in [-0.1, -0.05) is 0 Å². The number of carboxylic acids is 1. The quantitative estimate of drug-likeness (QED) is 0.335. The predicted molar refractivity (Wildman–Crippen MR) is 30.1 cm³/mol. The van der Waals surface area contributed by atoms with Gasteiger partial charge < -0.3 is 30.3 Å². The number of aliphatic carboxylic acids is 1. The van der Waals surface area contributed by atoms with E-state index in [1.165, 1.54) is 0 Å². The average Bonchev–Trinajstić information content (AvgIpc) is 2.00. The van der Waals surface area contributed by atoms with Gasteiger partial charge in [-0.15, -0.1) is 0 Å². The number of carbonyl (C=O) groups is 1. The summed E-state index contributed by atoms with van der Waals surface area (Å²) >= 11 is 0. The number of carbonyl (C=O) groups excluding carboxylic acids is 1. The van der Waals surface area contributed by atoms with Crippen molar-refractivity contribution in [1.82, 2.24) is 0 Å². The minimum Gasteiger partial charge on any atom is -0.547 e. The van der Waals surface area contributed by atoms with Crippen LogP contribution >= 0.6 is 0 Å². The van der Waals surface area contributed by atoms with Gasteiger partial charge in [0.1, 0.15) is 18.3 Å². The molecule has 0 aromatic carbocycles. The van der Waals surface area contributed by atoms with E-state index in [9.17, 15) is 9.90 Å². The fourth-order valence-electron chi connectivity index (χ4n) is 0.458. The third kappa shape index (κ3) is 2.81. The average molecular weight is 165 g/mol. The van der Waals surface area contributed by atoms with Gasteiger partial charge in [0.15, 0.2) is 0 Å². The summed E-state index contributed by atoms with van der Waals surface area (Å²) in [5, 5.41) is 43.8. The second-order valence-electron chi connectivity index (χ2n) is 2.00. The van der Waals surface area contributed by atoms with Crippen molar-refractivity contribution in [3.63, 3.8) is 0 Å². The van der Waals surface area contributed by atoms with Gasteiger partial charge in [0, 0.05) is 0 Å². The van der Waals surface area contributed by atoms with Crippen molar-refractivity contribution in [2.75, 3.05) is 6.61 Å². The van der Waals surface area contributed by atoms with Crippen LogP contribution in [0.25, 0.3) is 0 Å². The molecule has 0 aliphatic heterocycles. The maximum Gasteiger partial charge on any atom is 0.122 e. The zero-order valence-electron chi connectivity index (χ0n) is 5.54. The molecule has 0 aromatic heterocycles. The third-order valence-electron chi connectivity index (χ3n) is 1.15. The standard InChI is InChI=1S/C5H10O6/c6-1-2(7)3(8)4(9)5(10)11/h2-4,6-9H,1H2,(H,10,11)/p-1/t2-,3-,4-/m0/s1. The molecule has 11 heavy (non-hydrogen) atoms. The summed E-state index contributed by atoms with van der Waals surface area (Å²) < 4.78 is 0. The maximum absolute atomic E-state index is 9.85. The van der Waals surface area contributed by atoms with Crippen LogP contribution in [-0.2, 0) is 4.79 Å². The van der Waals surface area contributed by atoms with E-state index in [2.05, 4.69) is 0 Å². The summed E-state index contributed by atoms with van der Waals surface area (Å²) in [7, 11) is 0. The molecule has 0 spiro atoms. The number of rotatable bonds is 4. The lowest BCUT2D eigenvalue weighted by Gasteiger charge is -2.21. The minimum absolute atomic E-state index is 0.828. The van der Waals surface area contributed by atoms with Gasteiger partial charge in [0.25, 0.3) is 0 Å². The maximum atomic E-state index is 9.85. The van der Waals surface area contributed by atoms with Crippen LogP contribution in [0.5, 0.6) is 0 Å². The van der Waals surface area contributed by atoms with Crippen LogP contribution in [0.3, 0.4) is 0 Å². The Morgan fingerprint density at radius 1 is 1.36 bits per heavy atom. The molecule has 0 saturated carbocycles. The van der Waals surface area contributed by atoms with Crippen molar-refractivity contribution in [3.05, 3.63) is 0 Å². The normalized spacial score (nSPS) is 18.9. The fourth-order valence-corrected chi connectivity index (χ4v) is 0.458. The predicted octanol–water partition coefficient (Wildman–Crippen LogP) is -4.19. The van der Waals surface area contributed by atoms with Crippen LogP contribution in [0.15, 0.2) is 0 Å². The first-order chi connectivity index (χ1) is 5.00. The number of aliphatic hydroxyl groups is 4. The van der Waals surface area contributed by atoms with Crippen LogP contribution in [0.1, 0.15) is 0 Å². The SMILES string of the molecule is O=C([O-])[C@@H](O)[C@@H](O)[C@@H](O)CO. The highest BCUT2D eigenvalue weighted by molar-refractivity contribution is 5.70. The molecule has 0 aliphatic rings. The largest absolute Gasteiger partial charge is 0.547 e. The Labute approximate surface area is 62.3 Å². The highest BCUT2D eigenvalue weighted by Gasteiger charge is 2.24. The number of aliphatic hydroxyl groups excluding tert-OH is 4. The first-order valence-electron chi connectivity index (χ1n) is 2.86.